The largest absolute Gasteiger partial charge is 0.370 e. The molecule has 0 amide bonds. The Hall–Kier alpha value is -1.05. The molecule has 0 spiro atoms. The van der Waals surface area contributed by atoms with Crippen LogP contribution in [-0.2, 0) is 0 Å². The summed E-state index contributed by atoms with van der Waals surface area (Å²) in [6, 6.07) is 5.55. The van der Waals surface area contributed by atoms with E-state index in [2.05, 4.69) is 13.8 Å². The Balaban J connectivity index is 3.02. The van der Waals surface area contributed by atoms with E-state index in [0.717, 1.165) is 18.7 Å². The second-order valence-corrected chi connectivity index (χ2v) is 4.04. The standard InChI is InChI=1S/C13H20FN/c1-5-15(6-2)13-8-7-11(10(3)4)9-12(13)14/h7-10H,5-6H2,1-4H3. The zero-order valence-electron chi connectivity index (χ0n) is 10.0. The molecule has 0 saturated heterocycles. The number of benzene rings is 1. The first-order chi connectivity index (χ1) is 7.10. The summed E-state index contributed by atoms with van der Waals surface area (Å²) in [6.07, 6.45) is 0. The highest BCUT2D eigenvalue weighted by Crippen LogP contribution is 2.23. The summed E-state index contributed by atoms with van der Waals surface area (Å²) in [5, 5.41) is 0. The summed E-state index contributed by atoms with van der Waals surface area (Å²) in [5.74, 6) is 0.273. The van der Waals surface area contributed by atoms with Crippen LogP contribution in [0.1, 0.15) is 39.2 Å². The van der Waals surface area contributed by atoms with Crippen molar-refractivity contribution >= 4 is 5.69 Å². The zero-order chi connectivity index (χ0) is 11.4. The van der Waals surface area contributed by atoms with Crippen molar-refractivity contribution in [3.05, 3.63) is 29.6 Å². The van der Waals surface area contributed by atoms with Gasteiger partial charge in [-0.2, -0.15) is 0 Å². The van der Waals surface area contributed by atoms with Crippen LogP contribution in [0.2, 0.25) is 0 Å². The van der Waals surface area contributed by atoms with Gasteiger partial charge >= 0.3 is 0 Å². The number of hydrogen-bond acceptors (Lipinski definition) is 1. The maximum absolute atomic E-state index is 13.8. The van der Waals surface area contributed by atoms with E-state index < -0.39 is 0 Å². The molecule has 0 fully saturated rings. The van der Waals surface area contributed by atoms with Crippen LogP contribution in [0.25, 0.3) is 0 Å². The Labute approximate surface area is 91.9 Å². The minimum atomic E-state index is -0.107. The number of anilines is 1. The molecular formula is C13H20FN. The Morgan fingerprint density at radius 1 is 1.20 bits per heavy atom. The molecule has 0 aromatic heterocycles. The lowest BCUT2D eigenvalue weighted by Crippen LogP contribution is -2.22. The van der Waals surface area contributed by atoms with Gasteiger partial charge in [0.25, 0.3) is 0 Å². The maximum Gasteiger partial charge on any atom is 0.146 e. The molecule has 0 radical (unpaired) electrons. The van der Waals surface area contributed by atoms with Crippen molar-refractivity contribution < 1.29 is 4.39 Å². The fourth-order valence-electron chi connectivity index (χ4n) is 1.70. The van der Waals surface area contributed by atoms with E-state index in [4.69, 9.17) is 0 Å². The predicted molar refractivity (Wildman–Crippen MR) is 64.1 cm³/mol. The number of hydrogen-bond donors (Lipinski definition) is 0. The highest BCUT2D eigenvalue weighted by atomic mass is 19.1. The van der Waals surface area contributed by atoms with Gasteiger partial charge in [0, 0.05) is 13.1 Å². The molecule has 0 saturated carbocycles. The molecule has 0 N–H and O–H groups in total. The van der Waals surface area contributed by atoms with Crippen LogP contribution in [-0.4, -0.2) is 13.1 Å². The summed E-state index contributed by atoms with van der Waals surface area (Å²) in [6.45, 7) is 9.92. The van der Waals surface area contributed by atoms with Crippen molar-refractivity contribution in [2.24, 2.45) is 0 Å². The molecule has 84 valence electrons. The molecule has 1 rings (SSSR count). The van der Waals surface area contributed by atoms with Crippen LogP contribution in [0.3, 0.4) is 0 Å². The van der Waals surface area contributed by atoms with Crippen LogP contribution in [0.15, 0.2) is 18.2 Å². The summed E-state index contributed by atoms with van der Waals surface area (Å²) >= 11 is 0. The highest BCUT2D eigenvalue weighted by Gasteiger charge is 2.09. The monoisotopic (exact) mass is 209 g/mol. The van der Waals surface area contributed by atoms with E-state index >= 15 is 0 Å². The Bertz CT molecular complexity index is 316. The summed E-state index contributed by atoms with van der Waals surface area (Å²) < 4.78 is 13.8. The fourth-order valence-corrected chi connectivity index (χ4v) is 1.70. The molecule has 0 atom stereocenters. The first-order valence-electron chi connectivity index (χ1n) is 5.64. The molecule has 1 nitrogen and oxygen atoms in total. The van der Waals surface area contributed by atoms with Gasteiger partial charge in [-0.3, -0.25) is 0 Å². The van der Waals surface area contributed by atoms with E-state index in [-0.39, 0.29) is 5.82 Å². The topological polar surface area (TPSA) is 3.24 Å². The first kappa shape index (κ1) is 12.0. The van der Waals surface area contributed by atoms with Crippen LogP contribution in [0, 0.1) is 5.82 Å². The zero-order valence-corrected chi connectivity index (χ0v) is 10.0. The van der Waals surface area contributed by atoms with Gasteiger partial charge in [0.2, 0.25) is 0 Å². The average molecular weight is 209 g/mol. The van der Waals surface area contributed by atoms with E-state index in [1.54, 1.807) is 6.07 Å². The molecule has 0 aliphatic rings. The number of rotatable bonds is 4. The third-order valence-corrected chi connectivity index (χ3v) is 2.74. The minimum absolute atomic E-state index is 0.107. The van der Waals surface area contributed by atoms with Gasteiger partial charge < -0.3 is 4.90 Å². The second-order valence-electron chi connectivity index (χ2n) is 4.04. The second kappa shape index (κ2) is 5.15. The van der Waals surface area contributed by atoms with Crippen molar-refractivity contribution in [3.8, 4) is 0 Å². The molecule has 15 heavy (non-hydrogen) atoms. The third kappa shape index (κ3) is 2.71. The Morgan fingerprint density at radius 3 is 2.20 bits per heavy atom. The van der Waals surface area contributed by atoms with Gasteiger partial charge in [-0.25, -0.2) is 4.39 Å². The first-order valence-corrected chi connectivity index (χ1v) is 5.64. The number of nitrogens with zero attached hydrogens (tertiary/aromatic N) is 1. The Kier molecular flexibility index (Phi) is 4.13. The van der Waals surface area contributed by atoms with Crippen molar-refractivity contribution in [2.75, 3.05) is 18.0 Å². The minimum Gasteiger partial charge on any atom is -0.370 e. The van der Waals surface area contributed by atoms with Crippen molar-refractivity contribution in [2.45, 2.75) is 33.6 Å². The molecule has 0 aliphatic carbocycles. The highest BCUT2D eigenvalue weighted by molar-refractivity contribution is 5.49. The van der Waals surface area contributed by atoms with Crippen molar-refractivity contribution in [3.63, 3.8) is 0 Å². The summed E-state index contributed by atoms with van der Waals surface area (Å²) in [5.41, 5.74) is 1.77. The van der Waals surface area contributed by atoms with Crippen LogP contribution < -0.4 is 4.90 Å². The van der Waals surface area contributed by atoms with E-state index in [1.807, 2.05) is 30.9 Å². The molecular weight excluding hydrogens is 189 g/mol. The lowest BCUT2D eigenvalue weighted by atomic mass is 10.0. The molecule has 2 heteroatoms. The van der Waals surface area contributed by atoms with Gasteiger partial charge in [0.1, 0.15) is 5.82 Å². The van der Waals surface area contributed by atoms with Gasteiger partial charge in [0.15, 0.2) is 0 Å². The molecule has 0 heterocycles. The van der Waals surface area contributed by atoms with E-state index in [9.17, 15) is 4.39 Å². The number of halogens is 1. The maximum atomic E-state index is 13.8. The van der Waals surface area contributed by atoms with Gasteiger partial charge in [-0.05, 0) is 37.5 Å². The summed E-state index contributed by atoms with van der Waals surface area (Å²) in [7, 11) is 0. The average Bonchev–Trinajstić information content (AvgIpc) is 2.21. The van der Waals surface area contributed by atoms with Crippen LogP contribution in [0.4, 0.5) is 10.1 Å². The fraction of sp³-hybridized carbons (Fsp3) is 0.538. The van der Waals surface area contributed by atoms with Gasteiger partial charge in [0.05, 0.1) is 5.69 Å². The Morgan fingerprint density at radius 2 is 1.80 bits per heavy atom. The van der Waals surface area contributed by atoms with Gasteiger partial charge in [-0.15, -0.1) is 0 Å². The third-order valence-electron chi connectivity index (χ3n) is 2.74. The quantitative estimate of drug-likeness (QED) is 0.729. The molecule has 1 aromatic carbocycles. The smallest absolute Gasteiger partial charge is 0.146 e. The SMILES string of the molecule is CCN(CC)c1ccc(C(C)C)cc1F. The molecule has 0 aliphatic heterocycles. The van der Waals surface area contributed by atoms with E-state index in [1.165, 1.54) is 0 Å². The lowest BCUT2D eigenvalue weighted by molar-refractivity contribution is 0.615. The molecule has 1 aromatic rings. The normalized spacial score (nSPS) is 10.8. The van der Waals surface area contributed by atoms with Crippen LogP contribution >= 0.6 is 0 Å². The predicted octanol–water partition coefficient (Wildman–Crippen LogP) is 3.80. The van der Waals surface area contributed by atoms with Crippen molar-refractivity contribution in [1.29, 1.82) is 0 Å². The lowest BCUT2D eigenvalue weighted by Gasteiger charge is -2.22. The van der Waals surface area contributed by atoms with E-state index in [0.29, 0.717) is 11.6 Å². The van der Waals surface area contributed by atoms with Crippen molar-refractivity contribution in [1.82, 2.24) is 0 Å². The van der Waals surface area contributed by atoms with Crippen LogP contribution in [0.5, 0.6) is 0 Å². The summed E-state index contributed by atoms with van der Waals surface area (Å²) in [4.78, 5) is 2.03. The molecule has 0 unspecified atom stereocenters. The van der Waals surface area contributed by atoms with Gasteiger partial charge in [-0.1, -0.05) is 19.9 Å². The molecule has 0 bridgehead atoms.